The van der Waals surface area contributed by atoms with Crippen molar-refractivity contribution in [3.05, 3.63) is 0 Å². The lowest BCUT2D eigenvalue weighted by molar-refractivity contribution is -0.304. The number of carbonyl (C=O) groups is 3. The maximum absolute atomic E-state index is 11.7. The van der Waals surface area contributed by atoms with E-state index in [0.29, 0.717) is 12.8 Å². The van der Waals surface area contributed by atoms with Crippen LogP contribution in [0.2, 0.25) is 0 Å². The number of ether oxygens (including phenoxy) is 6. The quantitative estimate of drug-likeness (QED) is 0.412. The molecule has 0 aromatic carbocycles. The molecule has 0 aromatic heterocycles. The number of aliphatic hydroxyl groups excluding tert-OH is 1. The first-order chi connectivity index (χ1) is 16.2. The van der Waals surface area contributed by atoms with E-state index in [1.54, 1.807) is 27.7 Å². The molecule has 2 heterocycles. The van der Waals surface area contributed by atoms with Gasteiger partial charge in [-0.15, -0.1) is 0 Å². The topological polar surface area (TPSA) is 127 Å². The van der Waals surface area contributed by atoms with Crippen molar-refractivity contribution in [2.45, 2.75) is 142 Å². The van der Waals surface area contributed by atoms with Crippen LogP contribution < -0.4 is 0 Å². The summed E-state index contributed by atoms with van der Waals surface area (Å²) in [5.41, 5.74) is -1.00. The number of hydrogen-bond acceptors (Lipinski definition) is 10. The lowest BCUT2D eigenvalue weighted by atomic mass is 10.1. The highest BCUT2D eigenvalue weighted by molar-refractivity contribution is 5.71. The van der Waals surface area contributed by atoms with E-state index in [2.05, 4.69) is 0 Å². The summed E-state index contributed by atoms with van der Waals surface area (Å²) in [6.07, 6.45) is 0.495. The second kappa shape index (κ2) is 12.8. The standard InChI is InChI=1S/C13H24O5.C13H22O5/c2*1-12(2,3)18-11(15)7-9-6-10(8-14)17-13(4,5)16-9/h9-10,14H,6-8H2,1-5H3;8-10H,6-7H2,1-5H3/t2*9-,10+/m11/s1. The number of esters is 2. The lowest BCUT2D eigenvalue weighted by Gasteiger charge is -2.40. The fourth-order valence-corrected chi connectivity index (χ4v) is 3.95. The molecule has 2 fully saturated rings. The summed E-state index contributed by atoms with van der Waals surface area (Å²) in [4.78, 5) is 34.2. The van der Waals surface area contributed by atoms with Gasteiger partial charge in [0.2, 0.25) is 0 Å². The van der Waals surface area contributed by atoms with Gasteiger partial charge in [0.05, 0.1) is 37.8 Å². The molecular weight excluding hydrogens is 472 g/mol. The van der Waals surface area contributed by atoms with Gasteiger partial charge in [-0.05, 0) is 69.2 Å². The lowest BCUT2D eigenvalue weighted by Crippen LogP contribution is -2.46. The molecule has 0 spiro atoms. The molecular formula is C26H46O10. The molecule has 210 valence electrons. The normalized spacial score (nSPS) is 27.8. The van der Waals surface area contributed by atoms with Gasteiger partial charge in [-0.2, -0.15) is 0 Å². The number of aldehydes is 1. The molecule has 0 amide bonds. The molecule has 2 aliphatic rings. The van der Waals surface area contributed by atoms with E-state index in [0.717, 1.165) is 6.29 Å². The zero-order valence-corrected chi connectivity index (χ0v) is 23.5. The van der Waals surface area contributed by atoms with Crippen LogP contribution in [0.15, 0.2) is 0 Å². The van der Waals surface area contributed by atoms with E-state index in [1.165, 1.54) is 0 Å². The van der Waals surface area contributed by atoms with Gasteiger partial charge in [0.25, 0.3) is 0 Å². The molecule has 0 aromatic rings. The van der Waals surface area contributed by atoms with Gasteiger partial charge in [0.15, 0.2) is 11.6 Å². The Hall–Kier alpha value is -1.59. The van der Waals surface area contributed by atoms with Gasteiger partial charge in [0.1, 0.15) is 23.6 Å². The van der Waals surface area contributed by atoms with Crippen LogP contribution in [0.4, 0.5) is 0 Å². The highest BCUT2D eigenvalue weighted by atomic mass is 16.7. The Balaban J connectivity index is 0.000000360. The van der Waals surface area contributed by atoms with E-state index in [9.17, 15) is 14.4 Å². The summed E-state index contributed by atoms with van der Waals surface area (Å²) in [7, 11) is 0. The van der Waals surface area contributed by atoms with E-state index in [-0.39, 0.29) is 49.7 Å². The van der Waals surface area contributed by atoms with Crippen molar-refractivity contribution in [3.63, 3.8) is 0 Å². The second-order valence-corrected chi connectivity index (χ2v) is 12.0. The van der Waals surface area contributed by atoms with E-state index >= 15 is 0 Å². The summed E-state index contributed by atoms with van der Waals surface area (Å²) < 4.78 is 32.7. The fraction of sp³-hybridized carbons (Fsp3) is 0.885. The zero-order valence-electron chi connectivity index (χ0n) is 23.5. The molecule has 1 N–H and O–H groups in total. The average Bonchev–Trinajstić information content (AvgIpc) is 2.62. The zero-order chi connectivity index (χ0) is 27.9. The fourth-order valence-electron chi connectivity index (χ4n) is 3.95. The molecule has 0 bridgehead atoms. The van der Waals surface area contributed by atoms with Crippen LogP contribution in [0.5, 0.6) is 0 Å². The van der Waals surface area contributed by atoms with Crippen LogP contribution in [0, 0.1) is 0 Å². The summed E-state index contributed by atoms with van der Waals surface area (Å²) in [6.45, 7) is 17.9. The predicted molar refractivity (Wildman–Crippen MR) is 131 cm³/mol. The van der Waals surface area contributed by atoms with E-state index in [1.807, 2.05) is 41.5 Å². The Morgan fingerprint density at radius 3 is 1.56 bits per heavy atom. The molecule has 2 rings (SSSR count). The van der Waals surface area contributed by atoms with Crippen molar-refractivity contribution in [3.8, 4) is 0 Å². The predicted octanol–water partition coefficient (Wildman–Crippen LogP) is 3.45. The third-order valence-electron chi connectivity index (χ3n) is 4.79. The maximum Gasteiger partial charge on any atom is 0.308 e. The Morgan fingerprint density at radius 2 is 1.17 bits per heavy atom. The van der Waals surface area contributed by atoms with Crippen molar-refractivity contribution in [2.75, 3.05) is 6.61 Å². The van der Waals surface area contributed by atoms with Crippen LogP contribution >= 0.6 is 0 Å². The molecule has 2 aliphatic heterocycles. The molecule has 0 unspecified atom stereocenters. The Kier molecular flexibility index (Phi) is 11.5. The molecule has 0 radical (unpaired) electrons. The molecule has 0 saturated carbocycles. The minimum Gasteiger partial charge on any atom is -0.460 e. The first-order valence-corrected chi connectivity index (χ1v) is 12.4. The summed E-state index contributed by atoms with van der Waals surface area (Å²) in [6, 6.07) is 0. The Labute approximate surface area is 215 Å². The van der Waals surface area contributed by atoms with Crippen molar-refractivity contribution >= 4 is 18.2 Å². The minimum atomic E-state index is -0.851. The van der Waals surface area contributed by atoms with Crippen LogP contribution in [-0.4, -0.2) is 77.1 Å². The van der Waals surface area contributed by atoms with Gasteiger partial charge in [-0.25, -0.2) is 0 Å². The van der Waals surface area contributed by atoms with Gasteiger partial charge in [-0.1, -0.05) is 0 Å². The van der Waals surface area contributed by atoms with Gasteiger partial charge in [-0.3, -0.25) is 9.59 Å². The molecule has 4 atom stereocenters. The SMILES string of the molecule is CC(C)(C)OC(=O)C[C@H]1C[C@@H](C=O)OC(C)(C)O1.CC(C)(C)OC(=O)C[C@H]1C[C@@H](CO)OC(C)(C)O1. The molecule has 2 saturated heterocycles. The van der Waals surface area contributed by atoms with Crippen LogP contribution in [-0.2, 0) is 42.8 Å². The number of rotatable bonds is 6. The largest absolute Gasteiger partial charge is 0.460 e. The second-order valence-electron chi connectivity index (χ2n) is 12.0. The summed E-state index contributed by atoms with van der Waals surface area (Å²) in [5.74, 6) is -2.24. The molecule has 10 heteroatoms. The summed E-state index contributed by atoms with van der Waals surface area (Å²) >= 11 is 0. The highest BCUT2D eigenvalue weighted by Gasteiger charge is 2.38. The number of carbonyl (C=O) groups excluding carboxylic acids is 3. The molecule has 10 nitrogen and oxygen atoms in total. The van der Waals surface area contributed by atoms with Crippen LogP contribution in [0.25, 0.3) is 0 Å². The smallest absolute Gasteiger partial charge is 0.308 e. The van der Waals surface area contributed by atoms with Gasteiger partial charge >= 0.3 is 11.9 Å². The highest BCUT2D eigenvalue weighted by Crippen LogP contribution is 2.29. The number of aliphatic hydroxyl groups is 1. The van der Waals surface area contributed by atoms with Crippen molar-refractivity contribution in [1.29, 1.82) is 0 Å². The monoisotopic (exact) mass is 518 g/mol. The van der Waals surface area contributed by atoms with Gasteiger partial charge < -0.3 is 38.3 Å². The third-order valence-corrected chi connectivity index (χ3v) is 4.79. The Morgan fingerprint density at radius 1 is 0.778 bits per heavy atom. The maximum atomic E-state index is 11.7. The third kappa shape index (κ3) is 13.6. The van der Waals surface area contributed by atoms with Crippen molar-refractivity contribution < 1.29 is 47.9 Å². The van der Waals surface area contributed by atoms with Crippen molar-refractivity contribution in [1.82, 2.24) is 0 Å². The number of hydrogen-bond donors (Lipinski definition) is 1. The molecule has 36 heavy (non-hydrogen) atoms. The average molecular weight is 519 g/mol. The van der Waals surface area contributed by atoms with E-state index in [4.69, 9.17) is 33.5 Å². The summed E-state index contributed by atoms with van der Waals surface area (Å²) in [5, 5.41) is 9.16. The first kappa shape index (κ1) is 32.4. The van der Waals surface area contributed by atoms with Crippen LogP contribution in [0.3, 0.4) is 0 Å². The first-order valence-electron chi connectivity index (χ1n) is 12.4. The van der Waals surface area contributed by atoms with E-state index < -0.39 is 28.9 Å². The Bertz CT molecular complexity index is 732. The van der Waals surface area contributed by atoms with Gasteiger partial charge in [0, 0.05) is 12.8 Å². The van der Waals surface area contributed by atoms with Crippen LogP contribution in [0.1, 0.15) is 94.9 Å². The minimum absolute atomic E-state index is 0.0718. The molecule has 0 aliphatic carbocycles. The van der Waals surface area contributed by atoms with Crippen molar-refractivity contribution in [2.24, 2.45) is 0 Å².